The number of fused-ring (bicyclic) bond motifs is 12. The highest BCUT2D eigenvalue weighted by Gasteiger charge is 2.53. The molecule has 0 radical (unpaired) electrons. The highest BCUT2D eigenvalue weighted by atomic mass is 15.0. The van der Waals surface area contributed by atoms with Crippen LogP contribution in [0.4, 0.5) is 0 Å². The minimum atomic E-state index is -0.520. The van der Waals surface area contributed by atoms with E-state index in [-0.39, 0.29) is 10.8 Å². The zero-order valence-corrected chi connectivity index (χ0v) is 34.7. The summed E-state index contributed by atoms with van der Waals surface area (Å²) in [6.45, 7) is 9.38. The molecule has 61 heavy (non-hydrogen) atoms. The van der Waals surface area contributed by atoms with E-state index in [4.69, 9.17) is 15.0 Å². The Kier molecular flexibility index (Phi) is 7.54. The largest absolute Gasteiger partial charge is 0.208 e. The second-order valence-electron chi connectivity index (χ2n) is 18.0. The third-order valence-corrected chi connectivity index (χ3v) is 14.0. The second-order valence-corrected chi connectivity index (χ2v) is 18.0. The Balaban J connectivity index is 1.10. The summed E-state index contributed by atoms with van der Waals surface area (Å²) in [4.78, 5) is 16.1. The number of hydrogen-bond acceptors (Lipinski definition) is 3. The summed E-state index contributed by atoms with van der Waals surface area (Å²) in [5.41, 5.74) is 20.0. The van der Waals surface area contributed by atoms with Crippen molar-refractivity contribution in [2.24, 2.45) is 0 Å². The van der Waals surface area contributed by atoms with E-state index in [0.29, 0.717) is 17.5 Å². The Morgan fingerprint density at radius 2 is 0.656 bits per heavy atom. The second kappa shape index (κ2) is 12.9. The fraction of sp³-hybridized carbons (Fsp3) is 0.121. The highest BCUT2D eigenvalue weighted by Crippen LogP contribution is 2.62. The van der Waals surface area contributed by atoms with Crippen LogP contribution >= 0.6 is 0 Å². The van der Waals surface area contributed by atoms with E-state index in [1.807, 2.05) is 0 Å². The van der Waals surface area contributed by atoms with Gasteiger partial charge >= 0.3 is 0 Å². The van der Waals surface area contributed by atoms with Crippen LogP contribution < -0.4 is 0 Å². The van der Waals surface area contributed by atoms with Crippen LogP contribution in [0.1, 0.15) is 72.2 Å². The van der Waals surface area contributed by atoms with Gasteiger partial charge in [-0.25, -0.2) is 15.0 Å². The highest BCUT2D eigenvalue weighted by molar-refractivity contribution is 5.90. The van der Waals surface area contributed by atoms with Crippen LogP contribution in [0.3, 0.4) is 0 Å². The Morgan fingerprint density at radius 3 is 1.26 bits per heavy atom. The molecule has 0 atom stereocenters. The number of hydrogen-bond donors (Lipinski definition) is 0. The Morgan fingerprint density at radius 1 is 0.262 bits per heavy atom. The van der Waals surface area contributed by atoms with Crippen molar-refractivity contribution < 1.29 is 0 Å². The first kappa shape index (κ1) is 35.7. The smallest absolute Gasteiger partial charge is 0.164 e. The predicted molar refractivity (Wildman–Crippen MR) is 249 cm³/mol. The van der Waals surface area contributed by atoms with Gasteiger partial charge in [-0.2, -0.15) is 0 Å². The third-order valence-electron chi connectivity index (χ3n) is 14.0. The Hall–Kier alpha value is -7.23. The van der Waals surface area contributed by atoms with Crippen molar-refractivity contribution in [3.63, 3.8) is 0 Å². The van der Waals surface area contributed by atoms with Crippen molar-refractivity contribution in [1.82, 2.24) is 15.0 Å². The maximum atomic E-state index is 5.40. The first-order valence-corrected chi connectivity index (χ1v) is 21.4. The maximum Gasteiger partial charge on any atom is 0.164 e. The van der Waals surface area contributed by atoms with Gasteiger partial charge in [-0.1, -0.05) is 198 Å². The lowest BCUT2D eigenvalue weighted by molar-refractivity contribution is 0.563. The topological polar surface area (TPSA) is 38.7 Å². The van der Waals surface area contributed by atoms with Gasteiger partial charge in [0.05, 0.1) is 5.41 Å². The summed E-state index contributed by atoms with van der Waals surface area (Å²) < 4.78 is 0. The molecule has 0 unspecified atom stereocenters. The molecule has 0 N–H and O–H groups in total. The number of benzene rings is 8. The Bertz CT molecular complexity index is 3210. The van der Waals surface area contributed by atoms with E-state index in [2.05, 4.69) is 216 Å². The quantitative estimate of drug-likeness (QED) is 0.178. The summed E-state index contributed by atoms with van der Waals surface area (Å²) in [6.07, 6.45) is 0. The third kappa shape index (κ3) is 5.01. The zero-order valence-electron chi connectivity index (χ0n) is 34.7. The summed E-state index contributed by atoms with van der Waals surface area (Å²) in [5, 5.41) is 0. The number of nitrogens with zero attached hydrogens (tertiary/aromatic N) is 3. The predicted octanol–water partition coefficient (Wildman–Crippen LogP) is 13.8. The molecule has 0 saturated carbocycles. The van der Waals surface area contributed by atoms with E-state index < -0.39 is 5.41 Å². The first-order valence-electron chi connectivity index (χ1n) is 21.4. The van der Waals surface area contributed by atoms with E-state index in [0.717, 1.165) is 27.8 Å². The molecule has 8 aromatic carbocycles. The van der Waals surface area contributed by atoms with E-state index >= 15 is 0 Å². The van der Waals surface area contributed by atoms with Crippen molar-refractivity contribution >= 4 is 0 Å². The average Bonchev–Trinajstić information content (AvgIpc) is 3.73. The van der Waals surface area contributed by atoms with Crippen LogP contribution in [-0.4, -0.2) is 15.0 Å². The van der Waals surface area contributed by atoms with Crippen LogP contribution in [0.2, 0.25) is 0 Å². The molecule has 3 aliphatic rings. The molecule has 9 aromatic rings. The maximum absolute atomic E-state index is 5.40. The molecule has 0 amide bonds. The van der Waals surface area contributed by atoms with E-state index in [1.54, 1.807) is 0 Å². The van der Waals surface area contributed by atoms with Crippen molar-refractivity contribution in [2.75, 3.05) is 0 Å². The number of rotatable bonds is 4. The van der Waals surface area contributed by atoms with Gasteiger partial charge in [0.25, 0.3) is 0 Å². The molecule has 12 rings (SSSR count). The van der Waals surface area contributed by atoms with Crippen molar-refractivity contribution in [3.8, 4) is 67.5 Å². The van der Waals surface area contributed by atoms with E-state index in [1.165, 1.54) is 66.8 Å². The minimum Gasteiger partial charge on any atom is -0.208 e. The molecule has 0 aliphatic heterocycles. The summed E-state index contributed by atoms with van der Waals surface area (Å²) in [7, 11) is 0. The van der Waals surface area contributed by atoms with Gasteiger partial charge in [0, 0.05) is 27.5 Å². The van der Waals surface area contributed by atoms with Gasteiger partial charge in [-0.3, -0.25) is 0 Å². The normalized spacial score (nSPS) is 15.3. The van der Waals surface area contributed by atoms with Crippen molar-refractivity contribution in [3.05, 3.63) is 233 Å². The van der Waals surface area contributed by atoms with E-state index in [9.17, 15) is 0 Å². The van der Waals surface area contributed by atoms with Crippen molar-refractivity contribution in [2.45, 2.75) is 43.9 Å². The molecule has 3 aliphatic carbocycles. The SMILES string of the molecule is CC1(C)c2ccccc2-c2ccc(-c3nc(-c4cccc(-c5ccccc5)c4)nc(-c4ccc5c(c4)C4(c6ccccc6-5)c5ccccc5C(C)(C)c5ccccc54)n3)cc21. The Labute approximate surface area is 357 Å². The van der Waals surface area contributed by atoms with Crippen LogP contribution in [0.5, 0.6) is 0 Å². The average molecular weight is 782 g/mol. The molecule has 0 bridgehead atoms. The van der Waals surface area contributed by atoms with Gasteiger partial charge < -0.3 is 0 Å². The zero-order chi connectivity index (χ0) is 41.1. The standard InChI is InChI=1S/C58H43N3/c1-56(2)45-23-10-8-21-41(45)43-31-29-39(34-51(43)56)54-59-53(38-20-16-19-37(33-38)36-17-6-5-7-18-36)60-55(61-54)40-30-32-44-42-22-9-11-24-46(42)58(52(44)35-40)49-27-14-12-25-47(49)57(3,4)48-26-13-15-28-50(48)58/h5-35H,1-4H3. The molecule has 0 saturated heterocycles. The summed E-state index contributed by atoms with van der Waals surface area (Å²) >= 11 is 0. The molecule has 1 aromatic heterocycles. The lowest BCUT2D eigenvalue weighted by atomic mass is 9.55. The van der Waals surface area contributed by atoms with Crippen LogP contribution in [0.25, 0.3) is 67.5 Å². The molecule has 3 heteroatoms. The first-order chi connectivity index (χ1) is 29.7. The summed E-state index contributed by atoms with van der Waals surface area (Å²) in [5.74, 6) is 1.96. The van der Waals surface area contributed by atoms with Gasteiger partial charge in [-0.05, 0) is 96.1 Å². The van der Waals surface area contributed by atoms with Crippen LogP contribution in [0.15, 0.2) is 188 Å². The van der Waals surface area contributed by atoms with Gasteiger partial charge in [0.1, 0.15) is 0 Å². The fourth-order valence-corrected chi connectivity index (χ4v) is 11.1. The molecule has 3 nitrogen and oxygen atoms in total. The lowest BCUT2D eigenvalue weighted by Crippen LogP contribution is -2.40. The molecular formula is C58H43N3. The number of aromatic nitrogens is 3. The lowest BCUT2D eigenvalue weighted by Gasteiger charge is -2.46. The van der Waals surface area contributed by atoms with Gasteiger partial charge in [-0.15, -0.1) is 0 Å². The van der Waals surface area contributed by atoms with Gasteiger partial charge in [0.2, 0.25) is 0 Å². The molecule has 290 valence electrons. The molecular weight excluding hydrogens is 739 g/mol. The summed E-state index contributed by atoms with van der Waals surface area (Å²) in [6, 6.07) is 68.7. The molecule has 1 spiro atoms. The van der Waals surface area contributed by atoms with Crippen LogP contribution in [0, 0.1) is 0 Å². The molecule has 1 heterocycles. The molecule has 0 fully saturated rings. The minimum absolute atomic E-state index is 0.158. The fourth-order valence-electron chi connectivity index (χ4n) is 11.1. The van der Waals surface area contributed by atoms with Crippen molar-refractivity contribution in [1.29, 1.82) is 0 Å². The van der Waals surface area contributed by atoms with Crippen LogP contribution in [-0.2, 0) is 16.2 Å². The van der Waals surface area contributed by atoms with Gasteiger partial charge in [0.15, 0.2) is 17.5 Å². The monoisotopic (exact) mass is 781 g/mol.